The van der Waals surface area contributed by atoms with Gasteiger partial charge in [-0.05, 0) is 25.0 Å². The maximum atomic E-state index is 12.9. The van der Waals surface area contributed by atoms with E-state index in [0.29, 0.717) is 17.3 Å². The van der Waals surface area contributed by atoms with Crippen LogP contribution in [0.1, 0.15) is 50.0 Å². The minimum Gasteiger partial charge on any atom is -0.467 e. The molecular formula is C18H21N7O3. The molecule has 3 aromatic rings. The van der Waals surface area contributed by atoms with Gasteiger partial charge >= 0.3 is 6.01 Å². The van der Waals surface area contributed by atoms with E-state index < -0.39 is 5.91 Å². The molecule has 0 spiro atoms. The Morgan fingerprint density at radius 3 is 2.82 bits per heavy atom. The molecule has 3 aromatic heterocycles. The number of fused-ring (bicyclic) bond motifs is 1. The topological polar surface area (TPSA) is 116 Å². The summed E-state index contributed by atoms with van der Waals surface area (Å²) >= 11 is 0. The molecule has 0 unspecified atom stereocenters. The SMILES string of the molecule is COc1nccc(NC(=O)Cn2nc(C(C)C)n3nc(C4CC4)cc3c2=O)n1. The number of ether oxygens (including phenoxy) is 1. The molecule has 0 aromatic carbocycles. The summed E-state index contributed by atoms with van der Waals surface area (Å²) in [5, 5.41) is 11.6. The Bertz CT molecular complexity index is 1100. The van der Waals surface area contributed by atoms with Crippen LogP contribution in [0.4, 0.5) is 5.82 Å². The van der Waals surface area contributed by atoms with Crippen molar-refractivity contribution in [1.82, 2.24) is 29.4 Å². The Hall–Kier alpha value is -3.30. The third kappa shape index (κ3) is 3.45. The lowest BCUT2D eigenvalue weighted by Gasteiger charge is -2.11. The van der Waals surface area contributed by atoms with Gasteiger partial charge in [0.25, 0.3) is 5.56 Å². The molecule has 0 bridgehead atoms. The Morgan fingerprint density at radius 2 is 2.14 bits per heavy atom. The smallest absolute Gasteiger partial charge is 0.318 e. The Morgan fingerprint density at radius 1 is 1.36 bits per heavy atom. The quantitative estimate of drug-likeness (QED) is 0.682. The van der Waals surface area contributed by atoms with Crippen LogP contribution in [-0.2, 0) is 11.3 Å². The van der Waals surface area contributed by atoms with Gasteiger partial charge in [-0.15, -0.1) is 0 Å². The number of nitrogens with one attached hydrogen (secondary N) is 1. The monoisotopic (exact) mass is 383 g/mol. The molecule has 28 heavy (non-hydrogen) atoms. The molecule has 1 aliphatic carbocycles. The first-order valence-corrected chi connectivity index (χ1v) is 9.14. The second-order valence-corrected chi connectivity index (χ2v) is 7.09. The molecule has 0 atom stereocenters. The largest absolute Gasteiger partial charge is 0.467 e. The average Bonchev–Trinajstić information content (AvgIpc) is 3.42. The van der Waals surface area contributed by atoms with Gasteiger partial charge in [-0.1, -0.05) is 13.8 Å². The summed E-state index contributed by atoms with van der Waals surface area (Å²) in [4.78, 5) is 33.2. The molecule has 1 aliphatic rings. The average molecular weight is 383 g/mol. The van der Waals surface area contributed by atoms with Crippen LogP contribution in [0.3, 0.4) is 0 Å². The van der Waals surface area contributed by atoms with Crippen LogP contribution < -0.4 is 15.6 Å². The van der Waals surface area contributed by atoms with E-state index in [2.05, 4.69) is 25.5 Å². The highest BCUT2D eigenvalue weighted by Crippen LogP contribution is 2.39. The van der Waals surface area contributed by atoms with Gasteiger partial charge < -0.3 is 10.1 Å². The summed E-state index contributed by atoms with van der Waals surface area (Å²) in [5.41, 5.74) is 1.01. The first-order valence-electron chi connectivity index (χ1n) is 9.14. The van der Waals surface area contributed by atoms with Gasteiger partial charge in [0.1, 0.15) is 17.9 Å². The van der Waals surface area contributed by atoms with E-state index in [1.54, 1.807) is 4.52 Å². The molecular weight excluding hydrogens is 362 g/mol. The minimum absolute atomic E-state index is 0.0375. The van der Waals surface area contributed by atoms with E-state index >= 15 is 0 Å². The zero-order valence-corrected chi connectivity index (χ0v) is 15.9. The second-order valence-electron chi connectivity index (χ2n) is 7.09. The van der Waals surface area contributed by atoms with Gasteiger partial charge in [-0.2, -0.15) is 15.2 Å². The highest BCUT2D eigenvalue weighted by atomic mass is 16.5. The molecule has 0 aliphatic heterocycles. The summed E-state index contributed by atoms with van der Waals surface area (Å²) in [5.74, 6) is 0.962. The van der Waals surface area contributed by atoms with E-state index in [1.807, 2.05) is 19.9 Å². The van der Waals surface area contributed by atoms with Gasteiger partial charge in [0.2, 0.25) is 5.91 Å². The van der Waals surface area contributed by atoms with Crippen molar-refractivity contribution in [1.29, 1.82) is 0 Å². The first kappa shape index (κ1) is 18.1. The minimum atomic E-state index is -0.420. The van der Waals surface area contributed by atoms with Gasteiger partial charge in [0.15, 0.2) is 5.82 Å². The maximum Gasteiger partial charge on any atom is 0.318 e. The molecule has 1 N–H and O–H groups in total. The lowest BCUT2D eigenvalue weighted by atomic mass is 10.2. The fourth-order valence-electron chi connectivity index (χ4n) is 2.94. The normalized spacial score (nSPS) is 13.9. The summed E-state index contributed by atoms with van der Waals surface area (Å²) < 4.78 is 7.73. The molecule has 1 amide bonds. The zero-order chi connectivity index (χ0) is 19.8. The number of methoxy groups -OCH3 is 1. The summed E-state index contributed by atoms with van der Waals surface area (Å²) in [6.45, 7) is 3.72. The standard InChI is InChI=1S/C18H21N7O3/c1-10(2)16-23-24(9-15(26)20-14-6-7-19-18(21-14)28-3)17(27)13-8-12(11-4-5-11)22-25(13)16/h6-8,10-11H,4-5,9H2,1-3H3,(H,19,20,21,26). The Labute approximate surface area is 160 Å². The Kier molecular flexibility index (Phi) is 4.54. The predicted molar refractivity (Wildman–Crippen MR) is 101 cm³/mol. The van der Waals surface area contributed by atoms with Gasteiger partial charge in [0.05, 0.1) is 12.8 Å². The molecule has 10 heteroatoms. The van der Waals surface area contributed by atoms with Crippen molar-refractivity contribution < 1.29 is 9.53 Å². The summed E-state index contributed by atoms with van der Waals surface area (Å²) in [6, 6.07) is 3.50. The number of rotatable bonds is 6. The molecule has 3 heterocycles. The molecule has 1 fully saturated rings. The number of carbonyl (C=O) groups excluding carboxylic acids is 1. The summed E-state index contributed by atoms with van der Waals surface area (Å²) in [7, 11) is 1.44. The maximum absolute atomic E-state index is 12.9. The van der Waals surface area contributed by atoms with Crippen molar-refractivity contribution in [3.63, 3.8) is 0 Å². The molecule has 1 saturated carbocycles. The van der Waals surface area contributed by atoms with Crippen molar-refractivity contribution in [2.75, 3.05) is 12.4 Å². The molecule has 0 radical (unpaired) electrons. The number of hydrogen-bond acceptors (Lipinski definition) is 7. The van der Waals surface area contributed by atoms with Gasteiger partial charge in [0, 0.05) is 18.0 Å². The van der Waals surface area contributed by atoms with Crippen molar-refractivity contribution in [2.24, 2.45) is 0 Å². The number of hydrogen-bond donors (Lipinski definition) is 1. The molecule has 0 saturated heterocycles. The van der Waals surface area contributed by atoms with Crippen molar-refractivity contribution in [3.05, 3.63) is 40.2 Å². The number of carbonyl (C=O) groups is 1. The van der Waals surface area contributed by atoms with E-state index in [-0.39, 0.29) is 29.9 Å². The molecule has 10 nitrogen and oxygen atoms in total. The van der Waals surface area contributed by atoms with Crippen LogP contribution in [0.2, 0.25) is 0 Å². The van der Waals surface area contributed by atoms with Crippen LogP contribution >= 0.6 is 0 Å². The van der Waals surface area contributed by atoms with Gasteiger partial charge in [-0.3, -0.25) is 9.59 Å². The zero-order valence-electron chi connectivity index (χ0n) is 15.9. The first-order chi connectivity index (χ1) is 13.5. The molecule has 146 valence electrons. The third-order valence-corrected chi connectivity index (χ3v) is 4.51. The fraction of sp³-hybridized carbons (Fsp3) is 0.444. The number of anilines is 1. The second kappa shape index (κ2) is 7.02. The highest BCUT2D eigenvalue weighted by Gasteiger charge is 2.28. The van der Waals surface area contributed by atoms with E-state index in [0.717, 1.165) is 18.5 Å². The van der Waals surface area contributed by atoms with Crippen LogP contribution in [0, 0.1) is 0 Å². The predicted octanol–water partition coefficient (Wildman–Crippen LogP) is 1.33. The summed E-state index contributed by atoms with van der Waals surface area (Å²) in [6.07, 6.45) is 3.65. The van der Waals surface area contributed by atoms with E-state index in [9.17, 15) is 9.59 Å². The van der Waals surface area contributed by atoms with Crippen LogP contribution in [0.15, 0.2) is 23.1 Å². The van der Waals surface area contributed by atoms with E-state index in [1.165, 1.54) is 24.1 Å². The van der Waals surface area contributed by atoms with Crippen LogP contribution in [-0.4, -0.2) is 42.4 Å². The van der Waals surface area contributed by atoms with Crippen molar-refractivity contribution in [3.8, 4) is 6.01 Å². The number of aromatic nitrogens is 6. The number of nitrogens with zero attached hydrogens (tertiary/aromatic N) is 6. The van der Waals surface area contributed by atoms with Crippen molar-refractivity contribution in [2.45, 2.75) is 45.1 Å². The number of amides is 1. The molecule has 4 rings (SSSR count). The Balaban J connectivity index is 1.65. The van der Waals surface area contributed by atoms with Crippen LogP contribution in [0.25, 0.3) is 5.52 Å². The van der Waals surface area contributed by atoms with Crippen molar-refractivity contribution >= 4 is 17.2 Å². The lowest BCUT2D eigenvalue weighted by molar-refractivity contribution is -0.117. The third-order valence-electron chi connectivity index (χ3n) is 4.51. The highest BCUT2D eigenvalue weighted by molar-refractivity contribution is 5.89. The van der Waals surface area contributed by atoms with Crippen LogP contribution in [0.5, 0.6) is 6.01 Å². The van der Waals surface area contributed by atoms with Gasteiger partial charge in [-0.25, -0.2) is 14.2 Å². The van der Waals surface area contributed by atoms with E-state index in [4.69, 9.17) is 4.74 Å². The fourth-order valence-corrected chi connectivity index (χ4v) is 2.94. The lowest BCUT2D eigenvalue weighted by Crippen LogP contribution is -2.32.